The van der Waals surface area contributed by atoms with E-state index in [9.17, 15) is 4.55 Å². The number of hydrogen-bond acceptors (Lipinski definition) is 3. The highest BCUT2D eigenvalue weighted by molar-refractivity contribution is 7.91. The minimum absolute atomic E-state index is 0.340. The summed E-state index contributed by atoms with van der Waals surface area (Å²) in [4.78, 5) is 0. The van der Waals surface area contributed by atoms with Gasteiger partial charge in [-0.05, 0) is 39.8 Å². The van der Waals surface area contributed by atoms with E-state index in [1.165, 1.54) is 0 Å². The standard InChI is InChI=1S/C13H19NO2S/c1-10-6-7-12(16-5)11(8-10)9-14-17(15)13(2,3)4/h6-9H,1-5H3/b14-9+/t17-/m0/s1. The lowest BCUT2D eigenvalue weighted by Gasteiger charge is -2.17. The molecule has 1 atom stereocenters. The Morgan fingerprint density at radius 2 is 2.00 bits per heavy atom. The normalized spacial score (nSPS) is 14.0. The fourth-order valence-corrected chi connectivity index (χ4v) is 1.74. The maximum absolute atomic E-state index is 11.8. The Balaban J connectivity index is 2.94. The highest BCUT2D eigenvalue weighted by atomic mass is 32.2. The molecule has 0 unspecified atom stereocenters. The predicted molar refractivity (Wildman–Crippen MR) is 73.2 cm³/mol. The second-order valence-electron chi connectivity index (χ2n) is 4.84. The third-order valence-corrected chi connectivity index (χ3v) is 3.54. The van der Waals surface area contributed by atoms with Crippen LogP contribution in [-0.4, -0.2) is 22.6 Å². The highest BCUT2D eigenvalue weighted by Crippen LogP contribution is 2.20. The lowest BCUT2D eigenvalue weighted by molar-refractivity contribution is 0.414. The molecule has 0 aliphatic heterocycles. The summed E-state index contributed by atoms with van der Waals surface area (Å²) in [5.41, 5.74) is 1.97. The van der Waals surface area contributed by atoms with Crippen molar-refractivity contribution >= 4 is 17.6 Å². The molecule has 0 radical (unpaired) electrons. The van der Waals surface area contributed by atoms with E-state index in [1.54, 1.807) is 13.3 Å². The number of methoxy groups -OCH3 is 1. The van der Waals surface area contributed by atoms with E-state index in [-0.39, 0.29) is 4.75 Å². The van der Waals surface area contributed by atoms with Crippen LogP contribution >= 0.6 is 0 Å². The van der Waals surface area contributed by atoms with Gasteiger partial charge in [0.05, 0.1) is 13.3 Å². The molecule has 1 aromatic rings. The smallest absolute Gasteiger partial charge is 0.144 e. The molecule has 0 bridgehead atoms. The maximum Gasteiger partial charge on any atom is 0.144 e. The van der Waals surface area contributed by atoms with Crippen molar-refractivity contribution in [3.63, 3.8) is 0 Å². The molecule has 0 aliphatic carbocycles. The molecule has 1 aromatic carbocycles. The lowest BCUT2D eigenvalue weighted by Crippen LogP contribution is -2.25. The van der Waals surface area contributed by atoms with Gasteiger partial charge in [-0.15, -0.1) is 0 Å². The molecular weight excluding hydrogens is 234 g/mol. The van der Waals surface area contributed by atoms with Crippen molar-refractivity contribution in [3.05, 3.63) is 29.3 Å². The van der Waals surface area contributed by atoms with Crippen LogP contribution in [0.1, 0.15) is 31.9 Å². The minimum atomic E-state index is -1.24. The molecule has 0 fully saturated rings. The van der Waals surface area contributed by atoms with Gasteiger partial charge in [0.1, 0.15) is 21.9 Å². The van der Waals surface area contributed by atoms with Crippen molar-refractivity contribution in [1.82, 2.24) is 0 Å². The van der Waals surface area contributed by atoms with Crippen molar-refractivity contribution in [2.45, 2.75) is 32.4 Å². The fourth-order valence-electron chi connectivity index (χ4n) is 1.22. The molecule has 94 valence electrons. The molecule has 0 aliphatic rings. The summed E-state index contributed by atoms with van der Waals surface area (Å²) in [6.07, 6.45) is 1.62. The zero-order valence-corrected chi connectivity index (χ0v) is 11.8. The number of nitrogens with zero attached hydrogens (tertiary/aromatic N) is 1. The summed E-state index contributed by atoms with van der Waals surface area (Å²) >= 11 is -1.24. The first-order valence-corrected chi connectivity index (χ1v) is 6.56. The van der Waals surface area contributed by atoms with Gasteiger partial charge in [-0.25, -0.2) is 0 Å². The summed E-state index contributed by atoms with van der Waals surface area (Å²) in [7, 11) is 1.61. The topological polar surface area (TPSA) is 44.6 Å². The van der Waals surface area contributed by atoms with Crippen molar-refractivity contribution in [1.29, 1.82) is 0 Å². The molecule has 4 heteroatoms. The van der Waals surface area contributed by atoms with Crippen molar-refractivity contribution < 1.29 is 9.29 Å². The zero-order chi connectivity index (χ0) is 13.1. The van der Waals surface area contributed by atoms with Crippen molar-refractivity contribution in [2.75, 3.05) is 7.11 Å². The number of benzene rings is 1. The van der Waals surface area contributed by atoms with E-state index in [1.807, 2.05) is 45.9 Å². The largest absolute Gasteiger partial charge is 0.591 e. The zero-order valence-electron chi connectivity index (χ0n) is 11.0. The molecular formula is C13H19NO2S. The first kappa shape index (κ1) is 14.1. The Labute approximate surface area is 106 Å². The van der Waals surface area contributed by atoms with Gasteiger partial charge >= 0.3 is 0 Å². The Bertz CT molecular complexity index is 410. The summed E-state index contributed by atoms with van der Waals surface area (Å²) in [5, 5.41) is 0. The van der Waals surface area contributed by atoms with Crippen LogP contribution in [0.25, 0.3) is 0 Å². The minimum Gasteiger partial charge on any atom is -0.591 e. The molecule has 3 nitrogen and oxygen atoms in total. The van der Waals surface area contributed by atoms with E-state index < -0.39 is 11.4 Å². The number of aryl methyl sites for hydroxylation is 1. The Hall–Kier alpha value is -1.00. The molecule has 0 aromatic heterocycles. The monoisotopic (exact) mass is 253 g/mol. The first-order chi connectivity index (χ1) is 7.84. The second-order valence-corrected chi connectivity index (χ2v) is 6.78. The quantitative estimate of drug-likeness (QED) is 0.614. The number of rotatable bonds is 3. The molecule has 0 saturated carbocycles. The van der Waals surface area contributed by atoms with Gasteiger partial charge in [0.25, 0.3) is 0 Å². The van der Waals surface area contributed by atoms with E-state index in [0.29, 0.717) is 0 Å². The SMILES string of the molecule is COc1ccc(C)cc1/C=N/[S@@+]([O-])C(C)(C)C. The van der Waals surface area contributed by atoms with Gasteiger partial charge in [0.2, 0.25) is 0 Å². The fraction of sp³-hybridized carbons (Fsp3) is 0.462. The summed E-state index contributed by atoms with van der Waals surface area (Å²) in [5.74, 6) is 0.741. The highest BCUT2D eigenvalue weighted by Gasteiger charge is 2.25. The van der Waals surface area contributed by atoms with Gasteiger partial charge in [-0.3, -0.25) is 0 Å². The van der Waals surface area contributed by atoms with E-state index in [4.69, 9.17) is 4.74 Å². The first-order valence-electron chi connectivity index (χ1n) is 5.45. The van der Waals surface area contributed by atoms with E-state index in [0.717, 1.165) is 16.9 Å². The molecule has 0 saturated heterocycles. The van der Waals surface area contributed by atoms with Gasteiger partial charge in [-0.1, -0.05) is 16.0 Å². The van der Waals surface area contributed by atoms with Gasteiger partial charge < -0.3 is 9.29 Å². The van der Waals surface area contributed by atoms with Crippen LogP contribution in [0.5, 0.6) is 5.75 Å². The van der Waals surface area contributed by atoms with Crippen LogP contribution in [-0.2, 0) is 11.4 Å². The van der Waals surface area contributed by atoms with Crippen LogP contribution < -0.4 is 4.74 Å². The number of ether oxygens (including phenoxy) is 1. The summed E-state index contributed by atoms with van der Waals surface area (Å²) < 4.78 is 20.8. The predicted octanol–water partition coefficient (Wildman–Crippen LogP) is 2.88. The molecule has 0 heterocycles. The van der Waals surface area contributed by atoms with Crippen LogP contribution in [0.2, 0.25) is 0 Å². The van der Waals surface area contributed by atoms with E-state index in [2.05, 4.69) is 4.40 Å². The Morgan fingerprint density at radius 3 is 2.53 bits per heavy atom. The van der Waals surface area contributed by atoms with Crippen molar-refractivity contribution in [3.8, 4) is 5.75 Å². The van der Waals surface area contributed by atoms with Gasteiger partial charge in [0.15, 0.2) is 0 Å². The number of hydrogen-bond donors (Lipinski definition) is 0. The maximum atomic E-state index is 11.8. The molecule has 0 N–H and O–H groups in total. The third kappa shape index (κ3) is 4.06. The summed E-state index contributed by atoms with van der Waals surface area (Å²) in [6.45, 7) is 7.69. The lowest BCUT2D eigenvalue weighted by atomic mass is 10.1. The molecule has 0 spiro atoms. The van der Waals surface area contributed by atoms with Crippen LogP contribution in [0.3, 0.4) is 0 Å². The molecule has 0 amide bonds. The Morgan fingerprint density at radius 1 is 1.35 bits per heavy atom. The summed E-state index contributed by atoms with van der Waals surface area (Å²) in [6, 6.07) is 5.82. The second kappa shape index (κ2) is 5.56. The van der Waals surface area contributed by atoms with Gasteiger partial charge in [-0.2, -0.15) is 0 Å². The van der Waals surface area contributed by atoms with Crippen molar-refractivity contribution in [2.24, 2.45) is 4.40 Å². The van der Waals surface area contributed by atoms with E-state index >= 15 is 0 Å². The van der Waals surface area contributed by atoms with Crippen LogP contribution in [0.15, 0.2) is 22.6 Å². The third-order valence-electron chi connectivity index (χ3n) is 2.20. The van der Waals surface area contributed by atoms with Gasteiger partial charge in [0, 0.05) is 5.56 Å². The van der Waals surface area contributed by atoms with Crippen LogP contribution in [0, 0.1) is 6.92 Å². The average molecular weight is 253 g/mol. The van der Waals surface area contributed by atoms with Crippen LogP contribution in [0.4, 0.5) is 0 Å². The average Bonchev–Trinajstić information content (AvgIpc) is 2.24. The molecule has 1 rings (SSSR count). The Kier molecular flexibility index (Phi) is 4.60. The molecule has 17 heavy (non-hydrogen) atoms.